The minimum atomic E-state index is -2.51. The second-order valence-corrected chi connectivity index (χ2v) is 7.26. The van der Waals surface area contributed by atoms with E-state index in [9.17, 15) is 13.3 Å². The van der Waals surface area contributed by atoms with Crippen LogP contribution in [0.2, 0.25) is 0 Å². The van der Waals surface area contributed by atoms with E-state index < -0.39 is 22.5 Å². The van der Waals surface area contributed by atoms with Crippen LogP contribution in [-0.4, -0.2) is 15.0 Å². The number of rotatable bonds is 3. The molecule has 1 aromatic rings. The molecule has 1 atom stereocenters. The molecule has 0 aliphatic rings. The zero-order valence-corrected chi connectivity index (χ0v) is 12.6. The lowest BCUT2D eigenvalue weighted by molar-refractivity contribution is 0.150. The van der Waals surface area contributed by atoms with E-state index in [0.29, 0.717) is 16.8 Å². The third kappa shape index (κ3) is 4.01. The molecular formula is C14H19F2NOS. The van der Waals surface area contributed by atoms with E-state index in [-0.39, 0.29) is 5.56 Å². The summed E-state index contributed by atoms with van der Waals surface area (Å²) in [5.74, 6) is 0. The average Bonchev–Trinajstić information content (AvgIpc) is 2.27. The van der Waals surface area contributed by atoms with E-state index in [1.807, 2.05) is 20.8 Å². The largest absolute Gasteiger partial charge is 0.591 e. The fraction of sp³-hybridized carbons (Fsp3) is 0.500. The molecule has 0 saturated carbocycles. The second-order valence-electron chi connectivity index (χ2n) is 5.36. The molecule has 0 amide bonds. The molecule has 0 spiro atoms. The Morgan fingerprint density at radius 3 is 2.37 bits per heavy atom. The number of hydrogen-bond acceptors (Lipinski definition) is 2. The fourth-order valence-electron chi connectivity index (χ4n) is 1.59. The second kappa shape index (κ2) is 6.01. The summed E-state index contributed by atoms with van der Waals surface area (Å²) in [6.07, 6.45) is -2.51. The maximum Gasteiger partial charge on any atom is 0.264 e. The van der Waals surface area contributed by atoms with E-state index in [1.54, 1.807) is 26.0 Å². The highest BCUT2D eigenvalue weighted by molar-refractivity contribution is 7.91. The van der Waals surface area contributed by atoms with Gasteiger partial charge < -0.3 is 4.55 Å². The molecule has 0 unspecified atom stereocenters. The van der Waals surface area contributed by atoms with Crippen molar-refractivity contribution >= 4 is 17.1 Å². The Morgan fingerprint density at radius 1 is 1.32 bits per heavy atom. The highest BCUT2D eigenvalue weighted by atomic mass is 32.2. The molecule has 0 heterocycles. The van der Waals surface area contributed by atoms with Crippen LogP contribution in [0.3, 0.4) is 0 Å². The van der Waals surface area contributed by atoms with Crippen LogP contribution in [0.15, 0.2) is 22.6 Å². The summed E-state index contributed by atoms with van der Waals surface area (Å²) < 4.78 is 41.3. The first-order valence-corrected chi connectivity index (χ1v) is 7.10. The molecule has 1 aromatic carbocycles. The molecule has 0 aromatic heterocycles. The van der Waals surface area contributed by atoms with Crippen LogP contribution in [0.4, 0.5) is 8.78 Å². The minimum Gasteiger partial charge on any atom is -0.591 e. The highest BCUT2D eigenvalue weighted by Crippen LogP contribution is 2.26. The summed E-state index contributed by atoms with van der Waals surface area (Å²) in [6.45, 7) is 8.80. The normalized spacial score (nSPS) is 14.9. The Kier molecular flexibility index (Phi) is 5.10. The lowest BCUT2D eigenvalue weighted by Gasteiger charge is -2.19. The highest BCUT2D eigenvalue weighted by Gasteiger charge is 2.27. The number of hydrogen-bond donors (Lipinski definition) is 0. The zero-order chi connectivity index (χ0) is 14.8. The molecule has 106 valence electrons. The summed E-state index contributed by atoms with van der Waals surface area (Å²) in [6, 6.07) is 4.69. The summed E-state index contributed by atoms with van der Waals surface area (Å²) in [7, 11) is 0. The van der Waals surface area contributed by atoms with Gasteiger partial charge in [0, 0.05) is 11.1 Å². The lowest BCUT2D eigenvalue weighted by atomic mass is 10.00. The van der Waals surface area contributed by atoms with Gasteiger partial charge in [-0.25, -0.2) is 8.78 Å². The van der Waals surface area contributed by atoms with Gasteiger partial charge in [0.25, 0.3) is 6.43 Å². The number of nitrogens with zero attached hydrogens (tertiary/aromatic N) is 1. The van der Waals surface area contributed by atoms with E-state index >= 15 is 0 Å². The predicted octanol–water partition coefficient (Wildman–Crippen LogP) is 4.20. The molecule has 2 nitrogen and oxygen atoms in total. The SMILES string of the molecule is C/C(=N\[S@+]([O-])C(C)(C)C)c1cccc(C(F)F)c1C. The van der Waals surface area contributed by atoms with Crippen molar-refractivity contribution in [3.63, 3.8) is 0 Å². The summed E-state index contributed by atoms with van der Waals surface area (Å²) >= 11 is -1.39. The molecule has 0 N–H and O–H groups in total. The monoisotopic (exact) mass is 287 g/mol. The summed E-state index contributed by atoms with van der Waals surface area (Å²) in [5, 5.41) is 0. The van der Waals surface area contributed by atoms with Crippen molar-refractivity contribution < 1.29 is 13.3 Å². The predicted molar refractivity (Wildman–Crippen MR) is 76.2 cm³/mol. The lowest BCUT2D eigenvalue weighted by Crippen LogP contribution is -2.26. The molecule has 0 fully saturated rings. The number of benzene rings is 1. The topological polar surface area (TPSA) is 35.4 Å². The van der Waals surface area contributed by atoms with Crippen molar-refractivity contribution in [2.45, 2.75) is 45.8 Å². The van der Waals surface area contributed by atoms with Gasteiger partial charge in [0.1, 0.15) is 16.1 Å². The first-order valence-electron chi connectivity index (χ1n) is 6.00. The van der Waals surface area contributed by atoms with Crippen molar-refractivity contribution in [1.82, 2.24) is 0 Å². The van der Waals surface area contributed by atoms with Gasteiger partial charge in [-0.1, -0.05) is 22.6 Å². The fourth-order valence-corrected chi connectivity index (χ4v) is 2.21. The molecule has 0 bridgehead atoms. The van der Waals surface area contributed by atoms with Gasteiger partial charge >= 0.3 is 0 Å². The maximum absolute atomic E-state index is 12.8. The maximum atomic E-state index is 12.8. The van der Waals surface area contributed by atoms with Gasteiger partial charge in [-0.3, -0.25) is 0 Å². The Bertz CT molecular complexity index is 481. The van der Waals surface area contributed by atoms with E-state index in [1.165, 1.54) is 6.07 Å². The van der Waals surface area contributed by atoms with Gasteiger partial charge in [-0.05, 0) is 40.2 Å². The van der Waals surface area contributed by atoms with E-state index in [0.717, 1.165) is 0 Å². The van der Waals surface area contributed by atoms with Crippen LogP contribution in [0.5, 0.6) is 0 Å². The van der Waals surface area contributed by atoms with Crippen molar-refractivity contribution in [3.05, 3.63) is 34.9 Å². The summed E-state index contributed by atoms with van der Waals surface area (Å²) in [5.41, 5.74) is 1.63. The van der Waals surface area contributed by atoms with E-state index in [2.05, 4.69) is 4.40 Å². The molecule has 0 radical (unpaired) electrons. The van der Waals surface area contributed by atoms with Crippen molar-refractivity contribution in [2.24, 2.45) is 4.40 Å². The van der Waals surface area contributed by atoms with Crippen LogP contribution in [-0.2, 0) is 11.4 Å². The molecular weight excluding hydrogens is 268 g/mol. The van der Waals surface area contributed by atoms with Gasteiger partial charge in [-0.2, -0.15) is 0 Å². The molecule has 19 heavy (non-hydrogen) atoms. The third-order valence-corrected chi connectivity index (χ3v) is 4.23. The average molecular weight is 287 g/mol. The van der Waals surface area contributed by atoms with Crippen LogP contribution in [0.1, 0.15) is 50.8 Å². The molecule has 5 heteroatoms. The quantitative estimate of drug-likeness (QED) is 0.606. The molecule has 0 aliphatic carbocycles. The smallest absolute Gasteiger partial charge is 0.264 e. The Labute approximate surface area is 116 Å². The van der Waals surface area contributed by atoms with Gasteiger partial charge in [0.2, 0.25) is 0 Å². The Hall–Kier alpha value is -0.940. The third-order valence-electron chi connectivity index (χ3n) is 2.74. The molecule has 0 saturated heterocycles. The van der Waals surface area contributed by atoms with E-state index in [4.69, 9.17) is 0 Å². The van der Waals surface area contributed by atoms with Crippen molar-refractivity contribution in [1.29, 1.82) is 0 Å². The summed E-state index contributed by atoms with van der Waals surface area (Å²) in [4.78, 5) is 0. The zero-order valence-electron chi connectivity index (χ0n) is 11.8. The van der Waals surface area contributed by atoms with Gasteiger partial charge in [-0.15, -0.1) is 0 Å². The Balaban J connectivity index is 3.17. The van der Waals surface area contributed by atoms with Gasteiger partial charge in [0.15, 0.2) is 0 Å². The first kappa shape index (κ1) is 16.1. The number of halogens is 2. The van der Waals surface area contributed by atoms with Gasteiger partial charge in [0.05, 0.1) is 5.71 Å². The van der Waals surface area contributed by atoms with Crippen LogP contribution in [0, 0.1) is 6.92 Å². The standard InChI is InChI=1S/C14H19F2NOS/c1-9-11(7-6-8-12(9)13(15)16)10(2)17-19(18)14(3,4)5/h6-8,13H,1-5H3/b17-10+/t19-/m1/s1. The van der Waals surface area contributed by atoms with Crippen molar-refractivity contribution in [2.75, 3.05) is 0 Å². The van der Waals surface area contributed by atoms with Crippen molar-refractivity contribution in [3.8, 4) is 0 Å². The first-order chi connectivity index (χ1) is 8.64. The number of alkyl halides is 2. The van der Waals surface area contributed by atoms with Crippen LogP contribution < -0.4 is 0 Å². The molecule has 1 rings (SSSR count). The van der Waals surface area contributed by atoms with Crippen LogP contribution >= 0.6 is 0 Å². The minimum absolute atomic E-state index is 0.00593. The van der Waals surface area contributed by atoms with Crippen LogP contribution in [0.25, 0.3) is 0 Å². The Morgan fingerprint density at radius 2 is 1.89 bits per heavy atom. The molecule has 0 aliphatic heterocycles.